The normalized spacial score (nSPS) is 11.1. The van der Waals surface area contributed by atoms with E-state index in [-0.39, 0.29) is 19.2 Å². The van der Waals surface area contributed by atoms with Crippen LogP contribution in [0.3, 0.4) is 0 Å². The minimum absolute atomic E-state index is 0.0567. The van der Waals surface area contributed by atoms with Crippen LogP contribution in [-0.4, -0.2) is 31.9 Å². The van der Waals surface area contributed by atoms with Gasteiger partial charge in [-0.1, -0.05) is 13.0 Å². The number of aliphatic hydroxyl groups excluding tert-OH is 1. The molecular formula is C15H20O5. The number of hydrogen-bond acceptors (Lipinski definition) is 5. The van der Waals surface area contributed by atoms with Gasteiger partial charge in [0, 0.05) is 5.57 Å². The number of rotatable bonds is 7. The van der Waals surface area contributed by atoms with Crippen molar-refractivity contribution in [3.63, 3.8) is 0 Å². The van der Waals surface area contributed by atoms with Crippen LogP contribution in [0.25, 0.3) is 0 Å². The number of carbonyl (C=O) groups is 1. The summed E-state index contributed by atoms with van der Waals surface area (Å²) < 4.78 is 15.4. The molecule has 1 aromatic carbocycles. The fourth-order valence-electron chi connectivity index (χ4n) is 1.66. The zero-order chi connectivity index (χ0) is 15.0. The van der Waals surface area contributed by atoms with E-state index in [4.69, 9.17) is 14.6 Å². The van der Waals surface area contributed by atoms with Crippen molar-refractivity contribution in [3.8, 4) is 11.5 Å². The Morgan fingerprint density at radius 1 is 1.30 bits per heavy atom. The first-order valence-corrected chi connectivity index (χ1v) is 6.34. The SMILES string of the molecule is CC/C(=C/COc1ccc(CO)cc1OC)C(=O)OC. The van der Waals surface area contributed by atoms with E-state index in [1.165, 1.54) is 14.2 Å². The Labute approximate surface area is 118 Å². The van der Waals surface area contributed by atoms with Crippen LogP contribution in [0.1, 0.15) is 18.9 Å². The van der Waals surface area contributed by atoms with Gasteiger partial charge in [0.15, 0.2) is 11.5 Å². The minimum atomic E-state index is -0.348. The molecule has 20 heavy (non-hydrogen) atoms. The van der Waals surface area contributed by atoms with Crippen LogP contribution < -0.4 is 9.47 Å². The van der Waals surface area contributed by atoms with Gasteiger partial charge in [-0.05, 0) is 30.2 Å². The molecule has 0 heterocycles. The maximum atomic E-state index is 11.4. The summed E-state index contributed by atoms with van der Waals surface area (Å²) in [6, 6.07) is 5.19. The third-order valence-electron chi connectivity index (χ3n) is 2.81. The van der Waals surface area contributed by atoms with Gasteiger partial charge in [0.05, 0.1) is 20.8 Å². The number of methoxy groups -OCH3 is 2. The van der Waals surface area contributed by atoms with Gasteiger partial charge in [0.25, 0.3) is 0 Å². The molecule has 0 aliphatic rings. The first kappa shape index (κ1) is 16.0. The van der Waals surface area contributed by atoms with Crippen molar-refractivity contribution >= 4 is 5.97 Å². The molecule has 0 unspecified atom stereocenters. The Morgan fingerprint density at radius 3 is 2.60 bits per heavy atom. The summed E-state index contributed by atoms with van der Waals surface area (Å²) >= 11 is 0. The van der Waals surface area contributed by atoms with Crippen molar-refractivity contribution < 1.29 is 24.1 Å². The molecule has 0 aliphatic carbocycles. The first-order chi connectivity index (χ1) is 9.65. The summed E-state index contributed by atoms with van der Waals surface area (Å²) in [4.78, 5) is 11.4. The largest absolute Gasteiger partial charge is 0.493 e. The van der Waals surface area contributed by atoms with Crippen molar-refractivity contribution in [2.24, 2.45) is 0 Å². The van der Waals surface area contributed by atoms with Crippen LogP contribution in [0.5, 0.6) is 11.5 Å². The van der Waals surface area contributed by atoms with Crippen LogP contribution in [-0.2, 0) is 16.1 Å². The molecule has 0 atom stereocenters. The quantitative estimate of drug-likeness (QED) is 0.612. The Balaban J connectivity index is 2.74. The molecule has 1 rings (SSSR count). The van der Waals surface area contributed by atoms with Gasteiger partial charge >= 0.3 is 5.97 Å². The number of aliphatic hydroxyl groups is 1. The molecule has 0 saturated carbocycles. The molecule has 0 saturated heterocycles. The molecule has 0 radical (unpaired) electrons. The lowest BCUT2D eigenvalue weighted by molar-refractivity contribution is -0.136. The zero-order valence-corrected chi connectivity index (χ0v) is 12.0. The summed E-state index contributed by atoms with van der Waals surface area (Å²) in [5, 5.41) is 9.06. The summed E-state index contributed by atoms with van der Waals surface area (Å²) in [5.74, 6) is 0.751. The predicted molar refractivity (Wildman–Crippen MR) is 74.8 cm³/mol. The Bertz CT molecular complexity index is 479. The summed E-state index contributed by atoms with van der Waals surface area (Å²) in [7, 11) is 2.88. The van der Waals surface area contributed by atoms with Crippen molar-refractivity contribution in [3.05, 3.63) is 35.4 Å². The van der Waals surface area contributed by atoms with Crippen LogP contribution in [0.15, 0.2) is 29.8 Å². The maximum absolute atomic E-state index is 11.4. The fourth-order valence-corrected chi connectivity index (χ4v) is 1.66. The van der Waals surface area contributed by atoms with E-state index in [0.29, 0.717) is 23.5 Å². The molecule has 110 valence electrons. The molecule has 5 heteroatoms. The molecule has 0 aromatic heterocycles. The number of esters is 1. The lowest BCUT2D eigenvalue weighted by Crippen LogP contribution is -2.06. The van der Waals surface area contributed by atoms with Gasteiger partial charge in [-0.2, -0.15) is 0 Å². The second-order valence-electron chi connectivity index (χ2n) is 4.03. The van der Waals surface area contributed by atoms with Gasteiger partial charge in [-0.3, -0.25) is 0 Å². The fraction of sp³-hybridized carbons (Fsp3) is 0.400. The number of benzene rings is 1. The van der Waals surface area contributed by atoms with Gasteiger partial charge in [-0.25, -0.2) is 4.79 Å². The summed E-state index contributed by atoms with van der Waals surface area (Å²) in [5.41, 5.74) is 1.31. The molecule has 0 spiro atoms. The van der Waals surface area contributed by atoms with E-state index in [1.807, 2.05) is 6.92 Å². The highest BCUT2D eigenvalue weighted by Crippen LogP contribution is 2.28. The molecule has 1 aromatic rings. The van der Waals surface area contributed by atoms with Crippen LogP contribution >= 0.6 is 0 Å². The van der Waals surface area contributed by atoms with Crippen molar-refractivity contribution in [1.29, 1.82) is 0 Å². The number of carbonyl (C=O) groups excluding carboxylic acids is 1. The second-order valence-corrected chi connectivity index (χ2v) is 4.03. The standard InChI is InChI=1S/C15H20O5/c1-4-12(15(17)19-3)7-8-20-13-6-5-11(10-16)9-14(13)18-2/h5-7,9,16H,4,8,10H2,1-3H3/b12-7-. The average Bonchev–Trinajstić information content (AvgIpc) is 2.50. The number of ether oxygens (including phenoxy) is 3. The highest BCUT2D eigenvalue weighted by molar-refractivity contribution is 5.88. The smallest absolute Gasteiger partial charge is 0.333 e. The van der Waals surface area contributed by atoms with Crippen molar-refractivity contribution in [1.82, 2.24) is 0 Å². The molecule has 0 amide bonds. The Kier molecular flexibility index (Phi) is 6.59. The monoisotopic (exact) mass is 280 g/mol. The maximum Gasteiger partial charge on any atom is 0.333 e. The zero-order valence-electron chi connectivity index (χ0n) is 12.0. The predicted octanol–water partition coefficient (Wildman–Crippen LogP) is 2.08. The van der Waals surface area contributed by atoms with E-state index in [1.54, 1.807) is 24.3 Å². The van der Waals surface area contributed by atoms with Crippen LogP contribution in [0.2, 0.25) is 0 Å². The molecule has 0 bridgehead atoms. The summed E-state index contributed by atoms with van der Waals surface area (Å²) in [6.07, 6.45) is 2.27. The Morgan fingerprint density at radius 2 is 2.05 bits per heavy atom. The van der Waals surface area contributed by atoms with E-state index >= 15 is 0 Å². The highest BCUT2D eigenvalue weighted by atomic mass is 16.5. The topological polar surface area (TPSA) is 65.0 Å². The lowest BCUT2D eigenvalue weighted by Gasteiger charge is -2.11. The van der Waals surface area contributed by atoms with Gasteiger partial charge in [0.1, 0.15) is 6.61 Å². The lowest BCUT2D eigenvalue weighted by atomic mass is 10.2. The van der Waals surface area contributed by atoms with Gasteiger partial charge in [0.2, 0.25) is 0 Å². The van der Waals surface area contributed by atoms with Crippen LogP contribution in [0.4, 0.5) is 0 Å². The van der Waals surface area contributed by atoms with E-state index in [9.17, 15) is 4.79 Å². The van der Waals surface area contributed by atoms with E-state index in [2.05, 4.69) is 4.74 Å². The van der Waals surface area contributed by atoms with E-state index in [0.717, 1.165) is 5.56 Å². The van der Waals surface area contributed by atoms with Crippen LogP contribution in [0, 0.1) is 0 Å². The second kappa shape index (κ2) is 8.22. The number of hydrogen-bond donors (Lipinski definition) is 1. The highest BCUT2D eigenvalue weighted by Gasteiger charge is 2.08. The first-order valence-electron chi connectivity index (χ1n) is 6.34. The third kappa shape index (κ3) is 4.28. The molecule has 0 aliphatic heterocycles. The Hall–Kier alpha value is -2.01. The minimum Gasteiger partial charge on any atom is -0.493 e. The van der Waals surface area contributed by atoms with E-state index < -0.39 is 0 Å². The van der Waals surface area contributed by atoms with Crippen molar-refractivity contribution in [2.75, 3.05) is 20.8 Å². The molecule has 1 N–H and O–H groups in total. The molecule has 0 fully saturated rings. The van der Waals surface area contributed by atoms with Crippen molar-refractivity contribution in [2.45, 2.75) is 20.0 Å². The van der Waals surface area contributed by atoms with Gasteiger partial charge < -0.3 is 19.3 Å². The molecule has 5 nitrogen and oxygen atoms in total. The molecular weight excluding hydrogens is 260 g/mol. The average molecular weight is 280 g/mol. The third-order valence-corrected chi connectivity index (χ3v) is 2.81. The summed E-state index contributed by atoms with van der Waals surface area (Å²) in [6.45, 7) is 2.06. The van der Waals surface area contributed by atoms with Gasteiger partial charge in [-0.15, -0.1) is 0 Å².